The van der Waals surface area contributed by atoms with Crippen LogP contribution in [0.5, 0.6) is 0 Å². The summed E-state index contributed by atoms with van der Waals surface area (Å²) in [4.78, 5) is 0. The van der Waals surface area contributed by atoms with Gasteiger partial charge in [-0.15, -0.1) is 6.58 Å². The van der Waals surface area contributed by atoms with Gasteiger partial charge in [0.1, 0.15) is 0 Å². The third-order valence-electron chi connectivity index (χ3n) is 3.88. The highest BCUT2D eigenvalue weighted by atomic mass is 16.7. The molecule has 0 bridgehead atoms. The molecule has 0 amide bonds. The Hall–Kier alpha value is -0.850. The van der Waals surface area contributed by atoms with Gasteiger partial charge in [0, 0.05) is 11.8 Å². The highest BCUT2D eigenvalue weighted by Crippen LogP contribution is 2.56. The van der Waals surface area contributed by atoms with Gasteiger partial charge in [0.2, 0.25) is 0 Å². The Morgan fingerprint density at radius 3 is 2.73 bits per heavy atom. The zero-order valence-electron chi connectivity index (χ0n) is 9.16. The van der Waals surface area contributed by atoms with Gasteiger partial charge in [0.25, 0.3) is 0 Å². The maximum Gasteiger partial charge on any atom is 0.175 e. The number of nitrogens with zero attached hydrogens (tertiary/aromatic N) is 1. The highest BCUT2D eigenvalue weighted by molar-refractivity contribution is 5.11. The Labute approximate surface area is 90.7 Å². The van der Waals surface area contributed by atoms with Crippen LogP contribution in [0, 0.1) is 22.7 Å². The van der Waals surface area contributed by atoms with E-state index in [1.54, 1.807) is 0 Å². The summed E-state index contributed by atoms with van der Waals surface area (Å²) in [7, 11) is 0. The van der Waals surface area contributed by atoms with Crippen molar-refractivity contribution in [2.45, 2.75) is 32.0 Å². The first-order chi connectivity index (χ1) is 7.18. The second-order valence-electron chi connectivity index (χ2n) is 4.58. The Balaban J connectivity index is 2.33. The number of allylic oxidation sites excluding steroid dienone is 1. The summed E-state index contributed by atoms with van der Waals surface area (Å²) in [5.74, 6) is -0.518. The van der Waals surface area contributed by atoms with Gasteiger partial charge in [-0.1, -0.05) is 13.0 Å². The van der Waals surface area contributed by atoms with Crippen molar-refractivity contribution in [1.29, 1.82) is 5.26 Å². The topological polar surface area (TPSA) is 42.2 Å². The van der Waals surface area contributed by atoms with Gasteiger partial charge in [-0.3, -0.25) is 0 Å². The van der Waals surface area contributed by atoms with Crippen molar-refractivity contribution in [2.75, 3.05) is 13.2 Å². The Kier molecular flexibility index (Phi) is 2.57. The largest absolute Gasteiger partial charge is 0.347 e. The van der Waals surface area contributed by atoms with Crippen LogP contribution in [-0.2, 0) is 9.47 Å². The summed E-state index contributed by atoms with van der Waals surface area (Å²) in [6, 6.07) is 2.38. The predicted molar refractivity (Wildman–Crippen MR) is 55.9 cm³/mol. The number of rotatable bonds is 2. The summed E-state index contributed by atoms with van der Waals surface area (Å²) < 4.78 is 11.6. The van der Waals surface area contributed by atoms with E-state index in [9.17, 15) is 5.26 Å². The lowest BCUT2D eigenvalue weighted by atomic mass is 9.74. The van der Waals surface area contributed by atoms with E-state index in [-0.39, 0.29) is 11.3 Å². The van der Waals surface area contributed by atoms with E-state index in [2.05, 4.69) is 19.6 Å². The van der Waals surface area contributed by atoms with E-state index in [1.807, 2.05) is 6.08 Å². The maximum absolute atomic E-state index is 9.18. The Morgan fingerprint density at radius 2 is 2.20 bits per heavy atom. The van der Waals surface area contributed by atoms with E-state index in [0.29, 0.717) is 13.2 Å². The second-order valence-corrected chi connectivity index (χ2v) is 4.58. The van der Waals surface area contributed by atoms with Crippen LogP contribution in [-0.4, -0.2) is 19.0 Å². The molecule has 0 unspecified atom stereocenters. The molecule has 2 aliphatic rings. The van der Waals surface area contributed by atoms with Crippen LogP contribution in [0.1, 0.15) is 26.2 Å². The molecular weight excluding hydrogens is 190 g/mol. The summed E-state index contributed by atoms with van der Waals surface area (Å²) in [5.41, 5.74) is -0.236. The van der Waals surface area contributed by atoms with E-state index in [4.69, 9.17) is 9.47 Å². The quantitative estimate of drug-likeness (QED) is 0.652. The molecule has 0 N–H and O–H groups in total. The lowest BCUT2D eigenvalue weighted by Crippen LogP contribution is -2.45. The standard InChI is InChI=1S/C12H17NO2/c1-3-5-11(2)10(9-13)4-6-12(11)14-7-8-15-12/h3,10H,1,4-8H2,2H3/t10-,11+/m1/s1. The molecule has 1 aliphatic heterocycles. The van der Waals surface area contributed by atoms with Crippen molar-refractivity contribution in [3.8, 4) is 6.07 Å². The van der Waals surface area contributed by atoms with Crippen molar-refractivity contribution in [2.24, 2.45) is 11.3 Å². The van der Waals surface area contributed by atoms with Crippen LogP contribution >= 0.6 is 0 Å². The Bertz CT molecular complexity index is 301. The molecule has 3 nitrogen and oxygen atoms in total. The minimum absolute atomic E-state index is 0.00796. The summed E-state index contributed by atoms with van der Waals surface area (Å²) >= 11 is 0. The molecule has 3 heteroatoms. The monoisotopic (exact) mass is 207 g/mol. The molecule has 1 aliphatic carbocycles. The van der Waals surface area contributed by atoms with Crippen molar-refractivity contribution < 1.29 is 9.47 Å². The first kappa shape index (κ1) is 10.7. The first-order valence-electron chi connectivity index (χ1n) is 5.47. The molecule has 2 rings (SSSR count). The zero-order chi connectivity index (χ0) is 10.9. The lowest BCUT2D eigenvalue weighted by molar-refractivity contribution is -0.220. The first-order valence-corrected chi connectivity index (χ1v) is 5.47. The van der Waals surface area contributed by atoms with Gasteiger partial charge in [-0.05, 0) is 12.8 Å². The van der Waals surface area contributed by atoms with Crippen LogP contribution < -0.4 is 0 Å². The lowest BCUT2D eigenvalue weighted by Gasteiger charge is -2.39. The maximum atomic E-state index is 9.18. The summed E-state index contributed by atoms with van der Waals surface area (Å²) in [6.45, 7) is 7.14. The summed E-state index contributed by atoms with van der Waals surface area (Å²) in [5, 5.41) is 9.18. The third-order valence-corrected chi connectivity index (χ3v) is 3.88. The number of ether oxygens (including phenoxy) is 2. The molecule has 0 aromatic heterocycles. The number of nitriles is 1. The van der Waals surface area contributed by atoms with E-state index < -0.39 is 5.79 Å². The minimum Gasteiger partial charge on any atom is -0.347 e. The van der Waals surface area contributed by atoms with Gasteiger partial charge in [-0.25, -0.2) is 0 Å². The molecule has 2 fully saturated rings. The fraction of sp³-hybridized carbons (Fsp3) is 0.750. The van der Waals surface area contributed by atoms with Gasteiger partial charge < -0.3 is 9.47 Å². The molecule has 1 spiro atoms. The summed E-state index contributed by atoms with van der Waals surface area (Å²) in [6.07, 6.45) is 4.32. The van der Waals surface area contributed by atoms with Crippen LogP contribution in [0.4, 0.5) is 0 Å². The van der Waals surface area contributed by atoms with Crippen LogP contribution in [0.2, 0.25) is 0 Å². The highest BCUT2D eigenvalue weighted by Gasteiger charge is 2.60. The fourth-order valence-corrected chi connectivity index (χ4v) is 2.94. The average molecular weight is 207 g/mol. The van der Waals surface area contributed by atoms with Crippen molar-refractivity contribution in [1.82, 2.24) is 0 Å². The third kappa shape index (κ3) is 1.32. The number of hydrogen-bond acceptors (Lipinski definition) is 3. The SMILES string of the molecule is C=CC[C@@]1(C)[C@@H](C#N)CCC12OCCO2. The Morgan fingerprint density at radius 1 is 1.53 bits per heavy atom. The number of hydrogen-bond donors (Lipinski definition) is 0. The van der Waals surface area contributed by atoms with Gasteiger partial charge in [0.15, 0.2) is 5.79 Å². The normalized spacial score (nSPS) is 38.0. The van der Waals surface area contributed by atoms with Crippen molar-refractivity contribution in [3.05, 3.63) is 12.7 Å². The molecule has 0 radical (unpaired) electrons. The van der Waals surface area contributed by atoms with Crippen LogP contribution in [0.25, 0.3) is 0 Å². The van der Waals surface area contributed by atoms with E-state index >= 15 is 0 Å². The van der Waals surface area contributed by atoms with Gasteiger partial charge >= 0.3 is 0 Å². The molecule has 1 heterocycles. The van der Waals surface area contributed by atoms with E-state index in [1.165, 1.54) is 0 Å². The van der Waals surface area contributed by atoms with Crippen molar-refractivity contribution >= 4 is 0 Å². The van der Waals surface area contributed by atoms with E-state index in [0.717, 1.165) is 19.3 Å². The van der Waals surface area contributed by atoms with Crippen LogP contribution in [0.3, 0.4) is 0 Å². The molecular formula is C12H17NO2. The molecule has 15 heavy (non-hydrogen) atoms. The molecule has 0 aromatic carbocycles. The average Bonchev–Trinajstić information content (AvgIpc) is 2.77. The molecule has 2 atom stereocenters. The second kappa shape index (κ2) is 3.62. The molecule has 82 valence electrons. The predicted octanol–water partition coefficient (Wildman–Crippen LogP) is 2.25. The zero-order valence-corrected chi connectivity index (χ0v) is 9.16. The molecule has 1 saturated heterocycles. The fourth-order valence-electron chi connectivity index (χ4n) is 2.94. The minimum atomic E-state index is -0.526. The smallest absolute Gasteiger partial charge is 0.175 e. The van der Waals surface area contributed by atoms with Gasteiger partial charge in [-0.2, -0.15) is 5.26 Å². The van der Waals surface area contributed by atoms with Crippen LogP contribution in [0.15, 0.2) is 12.7 Å². The molecule has 0 aromatic rings. The molecule has 1 saturated carbocycles. The van der Waals surface area contributed by atoms with Crippen molar-refractivity contribution in [3.63, 3.8) is 0 Å². The van der Waals surface area contributed by atoms with Gasteiger partial charge in [0.05, 0.1) is 25.2 Å².